The van der Waals surface area contributed by atoms with Crippen LogP contribution in [-0.4, -0.2) is 33.8 Å². The normalized spacial score (nSPS) is 11.1. The van der Waals surface area contributed by atoms with Crippen LogP contribution in [0.1, 0.15) is 25.6 Å². The van der Waals surface area contributed by atoms with Crippen LogP contribution in [0.15, 0.2) is 70.9 Å². The standard InChI is InChI=1S/C21H19NO5S2/c1-15-8-10-17(11-9-15)22(2)29(25,26)18-6-3-5-16(13-18)21(24)27-14-19(23)20-7-4-12-28-20/h3-13H,14H2,1-2H3. The van der Waals surface area contributed by atoms with Crippen molar-refractivity contribution in [2.45, 2.75) is 11.8 Å². The minimum atomic E-state index is -3.87. The lowest BCUT2D eigenvalue weighted by molar-refractivity contribution is 0.0475. The smallest absolute Gasteiger partial charge is 0.338 e. The average molecular weight is 430 g/mol. The molecule has 1 heterocycles. The third kappa shape index (κ3) is 4.72. The molecule has 0 fully saturated rings. The summed E-state index contributed by atoms with van der Waals surface area (Å²) in [5.74, 6) is -1.07. The lowest BCUT2D eigenvalue weighted by Gasteiger charge is -2.20. The van der Waals surface area contributed by atoms with Gasteiger partial charge in [-0.2, -0.15) is 0 Å². The molecule has 0 saturated carbocycles. The Kier molecular flexibility index (Phi) is 6.14. The van der Waals surface area contributed by atoms with E-state index in [9.17, 15) is 18.0 Å². The Labute approximate surface area is 173 Å². The second-order valence-electron chi connectivity index (χ2n) is 6.31. The van der Waals surface area contributed by atoms with E-state index in [1.807, 2.05) is 19.1 Å². The Morgan fingerprint density at radius 3 is 2.41 bits per heavy atom. The van der Waals surface area contributed by atoms with Crippen LogP contribution in [0.25, 0.3) is 0 Å². The fourth-order valence-corrected chi connectivity index (χ4v) is 4.45. The number of hydrogen-bond donors (Lipinski definition) is 0. The Hall–Kier alpha value is -2.97. The van der Waals surface area contributed by atoms with Crippen LogP contribution in [0.5, 0.6) is 0 Å². The molecule has 0 aliphatic heterocycles. The van der Waals surface area contributed by atoms with Crippen LogP contribution >= 0.6 is 11.3 Å². The first-order valence-corrected chi connectivity index (χ1v) is 11.0. The van der Waals surface area contributed by atoms with Gasteiger partial charge in [-0.3, -0.25) is 9.10 Å². The van der Waals surface area contributed by atoms with Gasteiger partial charge in [-0.1, -0.05) is 29.8 Å². The van der Waals surface area contributed by atoms with E-state index in [0.29, 0.717) is 10.6 Å². The zero-order valence-corrected chi connectivity index (χ0v) is 17.5. The van der Waals surface area contributed by atoms with Gasteiger partial charge in [-0.25, -0.2) is 13.2 Å². The average Bonchev–Trinajstić information content (AvgIpc) is 3.27. The molecule has 0 radical (unpaired) electrons. The van der Waals surface area contributed by atoms with Crippen LogP contribution in [0, 0.1) is 6.92 Å². The van der Waals surface area contributed by atoms with Gasteiger partial charge in [-0.15, -0.1) is 11.3 Å². The first kappa shape index (κ1) is 20.8. The summed E-state index contributed by atoms with van der Waals surface area (Å²) in [4.78, 5) is 24.7. The van der Waals surface area contributed by atoms with Gasteiger partial charge < -0.3 is 4.74 Å². The van der Waals surface area contributed by atoms with E-state index in [-0.39, 0.29) is 16.2 Å². The van der Waals surface area contributed by atoms with Gasteiger partial charge >= 0.3 is 5.97 Å². The molecule has 3 rings (SSSR count). The molecule has 0 unspecified atom stereocenters. The van der Waals surface area contributed by atoms with Crippen molar-refractivity contribution >= 4 is 38.8 Å². The molecule has 3 aromatic rings. The molecular weight excluding hydrogens is 410 g/mol. The van der Waals surface area contributed by atoms with Crippen molar-refractivity contribution in [3.8, 4) is 0 Å². The number of nitrogens with zero attached hydrogens (tertiary/aromatic N) is 1. The van der Waals surface area contributed by atoms with Crippen LogP contribution in [-0.2, 0) is 14.8 Å². The van der Waals surface area contributed by atoms with Gasteiger partial charge in [-0.05, 0) is 48.7 Å². The molecule has 0 amide bonds. The molecule has 6 nitrogen and oxygen atoms in total. The predicted molar refractivity (Wildman–Crippen MR) is 112 cm³/mol. The van der Waals surface area contributed by atoms with Crippen LogP contribution in [0.3, 0.4) is 0 Å². The lowest BCUT2D eigenvalue weighted by atomic mass is 10.2. The number of rotatable bonds is 7. The molecule has 150 valence electrons. The molecule has 8 heteroatoms. The third-order valence-corrected chi connectivity index (χ3v) is 6.95. The minimum absolute atomic E-state index is 0.0420. The molecule has 1 aromatic heterocycles. The SMILES string of the molecule is Cc1ccc(N(C)S(=O)(=O)c2cccc(C(=O)OCC(=O)c3cccs3)c2)cc1. The number of Topliss-reactive ketones (excluding diaryl/α,β-unsaturated/α-hetero) is 1. The Balaban J connectivity index is 1.76. The number of ketones is 1. The number of ether oxygens (including phenoxy) is 1. The first-order chi connectivity index (χ1) is 13.8. The monoisotopic (exact) mass is 429 g/mol. The van der Waals surface area contributed by atoms with Gasteiger partial charge in [0, 0.05) is 7.05 Å². The summed E-state index contributed by atoms with van der Waals surface area (Å²) < 4.78 is 32.1. The number of aryl methyl sites for hydroxylation is 1. The van der Waals surface area contributed by atoms with Gasteiger partial charge in [0.05, 0.1) is 21.0 Å². The maximum absolute atomic E-state index is 12.9. The van der Waals surface area contributed by atoms with Crippen molar-refractivity contribution < 1.29 is 22.7 Å². The van der Waals surface area contributed by atoms with Crippen molar-refractivity contribution in [2.24, 2.45) is 0 Å². The molecule has 0 atom stereocenters. The highest BCUT2D eigenvalue weighted by Gasteiger charge is 2.23. The van der Waals surface area contributed by atoms with Crippen molar-refractivity contribution in [3.63, 3.8) is 0 Å². The van der Waals surface area contributed by atoms with E-state index in [4.69, 9.17) is 4.74 Å². The molecule has 29 heavy (non-hydrogen) atoms. The lowest BCUT2D eigenvalue weighted by Crippen LogP contribution is -2.26. The molecule has 0 N–H and O–H groups in total. The summed E-state index contributed by atoms with van der Waals surface area (Å²) >= 11 is 1.26. The summed E-state index contributed by atoms with van der Waals surface area (Å²) in [6, 6.07) is 16.0. The number of benzene rings is 2. The number of anilines is 1. The quantitative estimate of drug-likeness (QED) is 0.420. The Morgan fingerprint density at radius 2 is 1.76 bits per heavy atom. The highest BCUT2D eigenvalue weighted by atomic mass is 32.2. The van der Waals surface area contributed by atoms with Gasteiger partial charge in [0.25, 0.3) is 10.0 Å². The predicted octanol–water partition coefficient (Wildman–Crippen LogP) is 3.92. The fraction of sp³-hybridized carbons (Fsp3) is 0.143. The zero-order chi connectivity index (χ0) is 21.0. The minimum Gasteiger partial charge on any atom is -0.454 e. The number of esters is 1. The Morgan fingerprint density at radius 1 is 1.03 bits per heavy atom. The fourth-order valence-electron chi connectivity index (χ4n) is 2.56. The third-order valence-electron chi connectivity index (χ3n) is 4.26. The molecular formula is C21H19NO5S2. The topological polar surface area (TPSA) is 80.8 Å². The second-order valence-corrected chi connectivity index (χ2v) is 9.23. The van der Waals surface area contributed by atoms with E-state index in [0.717, 1.165) is 9.87 Å². The number of carbonyl (C=O) groups excluding carboxylic acids is 2. The maximum atomic E-state index is 12.9. The number of sulfonamides is 1. The van der Waals surface area contributed by atoms with Gasteiger partial charge in [0.1, 0.15) is 0 Å². The highest BCUT2D eigenvalue weighted by molar-refractivity contribution is 7.92. The molecule has 0 spiro atoms. The maximum Gasteiger partial charge on any atom is 0.338 e. The Bertz CT molecular complexity index is 1120. The summed E-state index contributed by atoms with van der Waals surface area (Å²) in [5, 5.41) is 1.76. The highest BCUT2D eigenvalue weighted by Crippen LogP contribution is 2.23. The van der Waals surface area contributed by atoms with Gasteiger partial charge in [0.2, 0.25) is 5.78 Å². The second kappa shape index (κ2) is 8.59. The number of carbonyl (C=O) groups is 2. The largest absolute Gasteiger partial charge is 0.454 e. The van der Waals surface area contributed by atoms with Crippen molar-refractivity contribution in [1.82, 2.24) is 0 Å². The summed E-state index contributed by atoms with van der Waals surface area (Å²) in [6.07, 6.45) is 0. The van der Waals surface area contributed by atoms with E-state index in [1.54, 1.807) is 29.6 Å². The first-order valence-electron chi connectivity index (χ1n) is 8.68. The number of hydrogen-bond acceptors (Lipinski definition) is 6. The van der Waals surface area contributed by atoms with E-state index in [1.165, 1.54) is 42.6 Å². The number of thiophene rings is 1. The van der Waals surface area contributed by atoms with Crippen LogP contribution in [0.4, 0.5) is 5.69 Å². The molecule has 0 saturated heterocycles. The van der Waals surface area contributed by atoms with Crippen molar-refractivity contribution in [1.29, 1.82) is 0 Å². The van der Waals surface area contributed by atoms with Crippen molar-refractivity contribution in [3.05, 3.63) is 82.0 Å². The van der Waals surface area contributed by atoms with E-state index >= 15 is 0 Å². The van der Waals surface area contributed by atoms with Crippen LogP contribution in [0.2, 0.25) is 0 Å². The summed E-state index contributed by atoms with van der Waals surface area (Å²) in [5.41, 5.74) is 1.58. The molecule has 0 bridgehead atoms. The molecule has 2 aromatic carbocycles. The molecule has 0 aliphatic rings. The van der Waals surface area contributed by atoms with E-state index in [2.05, 4.69) is 0 Å². The summed E-state index contributed by atoms with van der Waals surface area (Å²) in [6.45, 7) is 1.51. The van der Waals surface area contributed by atoms with Gasteiger partial charge in [0.15, 0.2) is 6.61 Å². The van der Waals surface area contributed by atoms with E-state index < -0.39 is 22.6 Å². The van der Waals surface area contributed by atoms with Crippen molar-refractivity contribution in [2.75, 3.05) is 18.0 Å². The summed E-state index contributed by atoms with van der Waals surface area (Å²) in [7, 11) is -2.42. The van der Waals surface area contributed by atoms with Crippen LogP contribution < -0.4 is 4.31 Å². The zero-order valence-electron chi connectivity index (χ0n) is 15.9. The molecule has 0 aliphatic carbocycles.